The van der Waals surface area contributed by atoms with Crippen LogP contribution in [0, 0.1) is 0 Å². The van der Waals surface area contributed by atoms with Gasteiger partial charge in [0, 0.05) is 18.7 Å². The molecular formula is C16H21N3O4S2. The molecule has 0 saturated carbocycles. The van der Waals surface area contributed by atoms with Gasteiger partial charge >= 0.3 is 0 Å². The highest BCUT2D eigenvalue weighted by atomic mass is 32.2. The second kappa shape index (κ2) is 6.62. The van der Waals surface area contributed by atoms with Crippen LogP contribution in [0.25, 0.3) is 0 Å². The third kappa shape index (κ3) is 3.68. The first-order valence-electron chi connectivity index (χ1n) is 8.06. The first-order chi connectivity index (χ1) is 11.7. The van der Waals surface area contributed by atoms with Crippen LogP contribution in [0.1, 0.15) is 25.3 Å². The fourth-order valence-corrected chi connectivity index (χ4v) is 5.26. The molecule has 136 valence electrons. The molecule has 3 rings (SSSR count). The molecule has 2 saturated heterocycles. The number of thioether (sulfide) groups is 1. The van der Waals surface area contributed by atoms with Gasteiger partial charge in [-0.25, -0.2) is 13.6 Å². The summed E-state index contributed by atoms with van der Waals surface area (Å²) in [6, 6.07) is 5.86. The van der Waals surface area contributed by atoms with Crippen LogP contribution in [0.5, 0.6) is 0 Å². The van der Waals surface area contributed by atoms with E-state index in [4.69, 9.17) is 5.14 Å². The number of nitrogens with zero attached hydrogens (tertiary/aromatic N) is 1. The van der Waals surface area contributed by atoms with Crippen molar-refractivity contribution in [2.24, 2.45) is 5.14 Å². The molecule has 2 atom stereocenters. The molecule has 2 aliphatic rings. The molecule has 0 spiro atoms. The normalized spacial score (nSPS) is 25.9. The SMILES string of the molecule is C[C@]12CCC(=O)N1[C@H](C(=O)NCCc1ccc(S(N)(=O)=O)cc1)CS2. The van der Waals surface area contributed by atoms with E-state index in [1.54, 1.807) is 28.8 Å². The fourth-order valence-electron chi connectivity index (χ4n) is 3.31. The summed E-state index contributed by atoms with van der Waals surface area (Å²) >= 11 is 1.66. The second-order valence-electron chi connectivity index (χ2n) is 6.50. The highest BCUT2D eigenvalue weighted by molar-refractivity contribution is 8.01. The molecule has 3 N–H and O–H groups in total. The zero-order valence-electron chi connectivity index (χ0n) is 13.9. The Hall–Kier alpha value is -1.58. The van der Waals surface area contributed by atoms with Crippen LogP contribution >= 0.6 is 11.8 Å². The van der Waals surface area contributed by atoms with Crippen molar-refractivity contribution in [2.45, 2.75) is 42.0 Å². The largest absolute Gasteiger partial charge is 0.354 e. The fraction of sp³-hybridized carbons (Fsp3) is 0.500. The predicted octanol–water partition coefficient (Wildman–Crippen LogP) is 0.447. The molecule has 7 nitrogen and oxygen atoms in total. The number of benzene rings is 1. The monoisotopic (exact) mass is 383 g/mol. The number of nitrogens with one attached hydrogen (secondary N) is 1. The molecule has 9 heteroatoms. The number of rotatable bonds is 5. The van der Waals surface area contributed by atoms with Gasteiger partial charge in [-0.15, -0.1) is 11.8 Å². The Bertz CT molecular complexity index is 794. The van der Waals surface area contributed by atoms with Crippen LogP contribution in [0.2, 0.25) is 0 Å². The number of amides is 2. The zero-order chi connectivity index (χ0) is 18.2. The van der Waals surface area contributed by atoms with Gasteiger partial charge in [0.15, 0.2) is 0 Å². The Kier molecular flexibility index (Phi) is 4.82. The number of carbonyl (C=O) groups is 2. The number of hydrogen-bond acceptors (Lipinski definition) is 5. The van der Waals surface area contributed by atoms with Gasteiger partial charge < -0.3 is 10.2 Å². The van der Waals surface area contributed by atoms with Crippen molar-refractivity contribution in [1.29, 1.82) is 0 Å². The van der Waals surface area contributed by atoms with Crippen molar-refractivity contribution in [2.75, 3.05) is 12.3 Å². The number of nitrogens with two attached hydrogens (primary N) is 1. The summed E-state index contributed by atoms with van der Waals surface area (Å²) in [7, 11) is -3.69. The molecular weight excluding hydrogens is 362 g/mol. The van der Waals surface area contributed by atoms with Gasteiger partial charge in [0.1, 0.15) is 6.04 Å². The standard InChI is InChI=1S/C16H21N3O4S2/c1-16-8-6-14(20)19(16)13(10-24-16)15(21)18-9-7-11-2-4-12(5-3-11)25(17,22)23/h2-5,13H,6-10H2,1H3,(H,18,21)(H2,17,22,23)/t13-,16-/m0/s1. The Morgan fingerprint density at radius 3 is 2.72 bits per heavy atom. The molecule has 0 unspecified atom stereocenters. The molecule has 0 bridgehead atoms. The van der Waals surface area contributed by atoms with Crippen molar-refractivity contribution in [3.8, 4) is 0 Å². The van der Waals surface area contributed by atoms with Gasteiger partial charge in [-0.1, -0.05) is 12.1 Å². The van der Waals surface area contributed by atoms with E-state index < -0.39 is 16.1 Å². The van der Waals surface area contributed by atoms with Gasteiger partial charge in [-0.05, 0) is 37.5 Å². The molecule has 2 heterocycles. The summed E-state index contributed by atoms with van der Waals surface area (Å²) < 4.78 is 22.4. The molecule has 2 fully saturated rings. The molecule has 2 amide bonds. The number of primary sulfonamides is 1. The van der Waals surface area contributed by atoms with E-state index >= 15 is 0 Å². The van der Waals surface area contributed by atoms with Gasteiger partial charge in [0.25, 0.3) is 0 Å². The van der Waals surface area contributed by atoms with Crippen molar-refractivity contribution in [3.05, 3.63) is 29.8 Å². The molecule has 0 radical (unpaired) electrons. The van der Waals surface area contributed by atoms with Crippen LogP contribution in [0.4, 0.5) is 0 Å². The Balaban J connectivity index is 1.54. The average Bonchev–Trinajstić information content (AvgIpc) is 3.04. The molecule has 1 aromatic rings. The molecule has 0 aliphatic carbocycles. The Morgan fingerprint density at radius 1 is 1.40 bits per heavy atom. The van der Waals surface area contributed by atoms with Crippen LogP contribution in [0.15, 0.2) is 29.2 Å². The molecule has 2 aliphatic heterocycles. The summed E-state index contributed by atoms with van der Waals surface area (Å²) in [5.74, 6) is 0.538. The lowest BCUT2D eigenvalue weighted by molar-refractivity contribution is -0.137. The van der Waals surface area contributed by atoms with Gasteiger partial charge in [-0.3, -0.25) is 9.59 Å². The summed E-state index contributed by atoms with van der Waals surface area (Å²) in [5.41, 5.74) is 0.899. The van der Waals surface area contributed by atoms with E-state index in [9.17, 15) is 18.0 Å². The summed E-state index contributed by atoms with van der Waals surface area (Å²) in [6.45, 7) is 2.44. The van der Waals surface area contributed by atoms with E-state index in [1.165, 1.54) is 12.1 Å². The quantitative estimate of drug-likeness (QED) is 0.767. The summed E-state index contributed by atoms with van der Waals surface area (Å²) in [5, 5.41) is 7.94. The van der Waals surface area contributed by atoms with Crippen LogP contribution in [0.3, 0.4) is 0 Å². The average molecular weight is 383 g/mol. The summed E-state index contributed by atoms with van der Waals surface area (Å²) in [6.07, 6.45) is 1.86. The van der Waals surface area contributed by atoms with Gasteiger partial charge in [0.05, 0.1) is 9.77 Å². The van der Waals surface area contributed by atoms with E-state index in [0.29, 0.717) is 25.1 Å². The van der Waals surface area contributed by atoms with E-state index in [0.717, 1.165) is 12.0 Å². The first kappa shape index (κ1) is 18.2. The highest BCUT2D eigenvalue weighted by Gasteiger charge is 2.52. The number of fused-ring (bicyclic) bond motifs is 1. The second-order valence-corrected chi connectivity index (χ2v) is 9.56. The van der Waals surface area contributed by atoms with Crippen LogP contribution < -0.4 is 10.5 Å². The first-order valence-corrected chi connectivity index (χ1v) is 10.6. The lowest BCUT2D eigenvalue weighted by atomic mass is 10.1. The van der Waals surface area contributed by atoms with Crippen molar-refractivity contribution in [1.82, 2.24) is 10.2 Å². The minimum absolute atomic E-state index is 0.0474. The highest BCUT2D eigenvalue weighted by Crippen LogP contribution is 2.47. The van der Waals surface area contributed by atoms with Crippen molar-refractivity contribution in [3.63, 3.8) is 0 Å². The number of sulfonamides is 1. The van der Waals surface area contributed by atoms with Crippen LogP contribution in [-0.2, 0) is 26.0 Å². The molecule has 1 aromatic carbocycles. The lowest BCUT2D eigenvalue weighted by Crippen LogP contribution is -2.50. The smallest absolute Gasteiger partial charge is 0.243 e. The minimum Gasteiger partial charge on any atom is -0.354 e. The molecule has 0 aromatic heterocycles. The zero-order valence-corrected chi connectivity index (χ0v) is 15.5. The minimum atomic E-state index is -3.69. The maximum absolute atomic E-state index is 12.4. The van der Waals surface area contributed by atoms with E-state index in [-0.39, 0.29) is 21.6 Å². The summed E-state index contributed by atoms with van der Waals surface area (Å²) in [4.78, 5) is 26.0. The predicted molar refractivity (Wildman–Crippen MR) is 95.3 cm³/mol. The van der Waals surface area contributed by atoms with Crippen molar-refractivity contribution >= 4 is 33.6 Å². The maximum Gasteiger partial charge on any atom is 0.243 e. The topological polar surface area (TPSA) is 110 Å². The lowest BCUT2D eigenvalue weighted by Gasteiger charge is -2.29. The van der Waals surface area contributed by atoms with Crippen LogP contribution in [-0.4, -0.2) is 48.3 Å². The number of carbonyl (C=O) groups excluding carboxylic acids is 2. The third-order valence-electron chi connectivity index (χ3n) is 4.71. The molecule has 25 heavy (non-hydrogen) atoms. The van der Waals surface area contributed by atoms with E-state index in [2.05, 4.69) is 5.32 Å². The Labute approximate surface area is 151 Å². The van der Waals surface area contributed by atoms with Crippen molar-refractivity contribution < 1.29 is 18.0 Å². The van der Waals surface area contributed by atoms with Gasteiger partial charge in [-0.2, -0.15) is 0 Å². The third-order valence-corrected chi connectivity index (χ3v) is 7.15. The number of hydrogen-bond donors (Lipinski definition) is 2. The van der Waals surface area contributed by atoms with Gasteiger partial charge in [0.2, 0.25) is 21.8 Å². The maximum atomic E-state index is 12.4. The van der Waals surface area contributed by atoms with E-state index in [1.807, 2.05) is 6.92 Å². The Morgan fingerprint density at radius 2 is 2.08 bits per heavy atom.